The number of thioether (sulfide) groups is 1. The topological polar surface area (TPSA) is 83.1 Å². The van der Waals surface area contributed by atoms with Crippen LogP contribution in [-0.4, -0.2) is 70.1 Å². The van der Waals surface area contributed by atoms with Crippen LogP contribution >= 0.6 is 11.8 Å². The predicted molar refractivity (Wildman–Crippen MR) is 119 cm³/mol. The Morgan fingerprint density at radius 2 is 1.93 bits per heavy atom. The van der Waals surface area contributed by atoms with Gasteiger partial charge in [-0.1, -0.05) is 56.7 Å². The van der Waals surface area contributed by atoms with Crippen LogP contribution in [0.2, 0.25) is 0 Å². The Kier molecular flexibility index (Phi) is 8.07. The molecular formula is C22H37N5O2S. The minimum atomic E-state index is 0.0792. The fourth-order valence-electron chi connectivity index (χ4n) is 5.39. The molecule has 2 heterocycles. The molecule has 0 aromatic carbocycles. The van der Waals surface area contributed by atoms with Crippen molar-refractivity contribution in [3.05, 3.63) is 5.82 Å². The van der Waals surface area contributed by atoms with Gasteiger partial charge in [0.15, 0.2) is 0 Å². The van der Waals surface area contributed by atoms with E-state index in [1.54, 1.807) is 0 Å². The second kappa shape index (κ2) is 11.0. The molecule has 2 aliphatic carbocycles. The number of aromatic nitrogens is 3. The van der Waals surface area contributed by atoms with Gasteiger partial charge in [-0.25, -0.2) is 4.98 Å². The van der Waals surface area contributed by atoms with Gasteiger partial charge in [-0.2, -0.15) is 0 Å². The number of morpholine rings is 1. The van der Waals surface area contributed by atoms with E-state index in [9.17, 15) is 4.79 Å². The fraction of sp³-hybridized carbons (Fsp3) is 0.864. The van der Waals surface area contributed by atoms with Gasteiger partial charge in [-0.3, -0.25) is 14.8 Å². The number of rotatable bonds is 9. The lowest BCUT2D eigenvalue weighted by atomic mass is 9.79. The van der Waals surface area contributed by atoms with Crippen molar-refractivity contribution >= 4 is 17.7 Å². The standard InChI is InChI=1S/C22H37N5O2S/c28-20(16-30-21-24-19(25-26-21)9-8-18-6-2-3-7-18)23-17-22(10-4-1-5-11-22)27-12-14-29-15-13-27/h18H,1-17H2,(H,23,28)(H,24,25,26). The monoisotopic (exact) mass is 435 g/mol. The third kappa shape index (κ3) is 5.98. The number of hydrogen-bond acceptors (Lipinski definition) is 6. The molecule has 8 heteroatoms. The summed E-state index contributed by atoms with van der Waals surface area (Å²) in [4.78, 5) is 19.7. The summed E-state index contributed by atoms with van der Waals surface area (Å²) in [5.74, 6) is 2.27. The first-order valence-electron chi connectivity index (χ1n) is 11.9. The number of hydrogen-bond donors (Lipinski definition) is 2. The predicted octanol–water partition coefficient (Wildman–Crippen LogP) is 3.17. The molecule has 0 atom stereocenters. The number of ether oxygens (including phenoxy) is 1. The van der Waals surface area contributed by atoms with Gasteiger partial charge < -0.3 is 10.1 Å². The molecule has 3 aliphatic rings. The van der Waals surface area contributed by atoms with Crippen molar-refractivity contribution in [2.75, 3.05) is 38.6 Å². The molecule has 2 N–H and O–H groups in total. The minimum Gasteiger partial charge on any atom is -0.379 e. The number of nitrogens with zero attached hydrogens (tertiary/aromatic N) is 3. The molecule has 3 fully saturated rings. The zero-order chi connectivity index (χ0) is 20.7. The van der Waals surface area contributed by atoms with Crippen LogP contribution < -0.4 is 5.32 Å². The quantitative estimate of drug-likeness (QED) is 0.580. The highest BCUT2D eigenvalue weighted by Crippen LogP contribution is 2.34. The van der Waals surface area contributed by atoms with Gasteiger partial charge >= 0.3 is 0 Å². The summed E-state index contributed by atoms with van der Waals surface area (Å²) < 4.78 is 5.55. The Balaban J connectivity index is 1.21. The molecule has 1 aliphatic heterocycles. The van der Waals surface area contributed by atoms with Gasteiger partial charge in [0, 0.05) is 31.6 Å². The molecule has 1 aromatic heterocycles. The fourth-order valence-corrected chi connectivity index (χ4v) is 6.04. The lowest BCUT2D eigenvalue weighted by molar-refractivity contribution is -0.119. The molecular weight excluding hydrogens is 398 g/mol. The maximum Gasteiger partial charge on any atom is 0.230 e. The second-order valence-corrected chi connectivity index (χ2v) is 10.1. The SMILES string of the molecule is O=C(CSc1n[nH]c(CCC2CCCC2)n1)NCC1(N2CCOCC2)CCCCC1. The molecule has 1 aromatic rings. The summed E-state index contributed by atoms with van der Waals surface area (Å²) >= 11 is 1.43. The van der Waals surface area contributed by atoms with Gasteiger partial charge in [0.2, 0.25) is 11.1 Å². The summed E-state index contributed by atoms with van der Waals surface area (Å²) in [6.07, 6.45) is 13.8. The van der Waals surface area contributed by atoms with Gasteiger partial charge in [0.1, 0.15) is 5.82 Å². The number of aryl methyl sites for hydroxylation is 1. The first-order chi connectivity index (χ1) is 14.7. The van der Waals surface area contributed by atoms with Crippen molar-refractivity contribution in [2.24, 2.45) is 5.92 Å². The van der Waals surface area contributed by atoms with Crippen molar-refractivity contribution in [1.82, 2.24) is 25.4 Å². The molecule has 7 nitrogen and oxygen atoms in total. The van der Waals surface area contributed by atoms with Gasteiger partial charge in [-0.05, 0) is 25.2 Å². The molecule has 0 bridgehead atoms. The average Bonchev–Trinajstić information content (AvgIpc) is 3.48. The molecule has 168 valence electrons. The summed E-state index contributed by atoms with van der Waals surface area (Å²) in [6.45, 7) is 4.31. The van der Waals surface area contributed by atoms with Gasteiger partial charge in [0.25, 0.3) is 0 Å². The van der Waals surface area contributed by atoms with Gasteiger partial charge in [0.05, 0.1) is 19.0 Å². The molecule has 1 amide bonds. The number of amides is 1. The van der Waals surface area contributed by atoms with E-state index in [-0.39, 0.29) is 11.4 Å². The molecule has 0 unspecified atom stereocenters. The van der Waals surface area contributed by atoms with Crippen molar-refractivity contribution in [1.29, 1.82) is 0 Å². The smallest absolute Gasteiger partial charge is 0.230 e. The number of aromatic amines is 1. The Hall–Kier alpha value is -1.12. The van der Waals surface area contributed by atoms with Crippen LogP contribution in [0.15, 0.2) is 5.16 Å². The highest BCUT2D eigenvalue weighted by Gasteiger charge is 2.38. The van der Waals surface area contributed by atoms with E-state index in [0.29, 0.717) is 10.9 Å². The zero-order valence-corrected chi connectivity index (χ0v) is 19.0. The highest BCUT2D eigenvalue weighted by molar-refractivity contribution is 7.99. The van der Waals surface area contributed by atoms with E-state index in [1.165, 1.54) is 76.0 Å². The first kappa shape index (κ1) is 22.1. The van der Waals surface area contributed by atoms with E-state index in [4.69, 9.17) is 4.74 Å². The summed E-state index contributed by atoms with van der Waals surface area (Å²) in [5, 5.41) is 11.3. The third-order valence-electron chi connectivity index (χ3n) is 7.19. The maximum absolute atomic E-state index is 12.5. The molecule has 0 spiro atoms. The number of carbonyl (C=O) groups excluding carboxylic acids is 1. The minimum absolute atomic E-state index is 0.0792. The van der Waals surface area contributed by atoms with Crippen molar-refractivity contribution in [3.63, 3.8) is 0 Å². The Labute approximate surface area is 184 Å². The van der Waals surface area contributed by atoms with E-state index >= 15 is 0 Å². The van der Waals surface area contributed by atoms with E-state index in [2.05, 4.69) is 25.4 Å². The summed E-state index contributed by atoms with van der Waals surface area (Å²) in [6, 6.07) is 0. The van der Waals surface area contributed by atoms with Crippen LogP contribution in [0.3, 0.4) is 0 Å². The largest absolute Gasteiger partial charge is 0.379 e. The van der Waals surface area contributed by atoms with Crippen molar-refractivity contribution in [2.45, 2.75) is 81.3 Å². The molecule has 0 radical (unpaired) electrons. The maximum atomic E-state index is 12.5. The summed E-state index contributed by atoms with van der Waals surface area (Å²) in [5.41, 5.74) is 0.111. The average molecular weight is 436 g/mol. The molecule has 1 saturated heterocycles. The lowest BCUT2D eigenvalue weighted by Gasteiger charge is -2.48. The third-order valence-corrected chi connectivity index (χ3v) is 8.04. The van der Waals surface area contributed by atoms with E-state index < -0.39 is 0 Å². The Bertz CT molecular complexity index is 664. The molecule has 2 saturated carbocycles. The number of H-pyrrole nitrogens is 1. The number of nitrogens with one attached hydrogen (secondary N) is 2. The lowest BCUT2D eigenvalue weighted by Crippen LogP contribution is -2.59. The highest BCUT2D eigenvalue weighted by atomic mass is 32.2. The van der Waals surface area contributed by atoms with Crippen molar-refractivity contribution in [3.8, 4) is 0 Å². The van der Waals surface area contributed by atoms with Gasteiger partial charge in [-0.15, -0.1) is 5.10 Å². The van der Waals surface area contributed by atoms with Crippen molar-refractivity contribution < 1.29 is 9.53 Å². The van der Waals surface area contributed by atoms with E-state index in [0.717, 1.165) is 51.0 Å². The van der Waals surface area contributed by atoms with Crippen LogP contribution in [0, 0.1) is 5.92 Å². The Morgan fingerprint density at radius 3 is 2.70 bits per heavy atom. The first-order valence-corrected chi connectivity index (χ1v) is 12.9. The van der Waals surface area contributed by atoms with Crippen LogP contribution in [0.1, 0.15) is 70.0 Å². The Morgan fingerprint density at radius 1 is 1.17 bits per heavy atom. The molecule has 4 rings (SSSR count). The summed E-state index contributed by atoms with van der Waals surface area (Å²) in [7, 11) is 0. The van der Waals surface area contributed by atoms with Crippen LogP contribution in [0.5, 0.6) is 0 Å². The molecule has 30 heavy (non-hydrogen) atoms. The second-order valence-electron chi connectivity index (χ2n) is 9.20. The number of carbonyl (C=O) groups is 1. The van der Waals surface area contributed by atoms with Crippen LogP contribution in [0.25, 0.3) is 0 Å². The van der Waals surface area contributed by atoms with Crippen LogP contribution in [-0.2, 0) is 16.0 Å². The van der Waals surface area contributed by atoms with E-state index in [1.807, 2.05) is 0 Å². The normalized spacial score (nSPS) is 22.9. The van der Waals surface area contributed by atoms with Crippen LogP contribution in [0.4, 0.5) is 0 Å². The zero-order valence-electron chi connectivity index (χ0n) is 18.2.